The largest absolute Gasteiger partial charge is 0.480 e. The maximum atomic E-state index is 13.5. The zero-order chi connectivity index (χ0) is 23.3. The normalized spacial score (nSPS) is 12.3. The number of carboxylic acids is 1. The molecule has 2 heterocycles. The quantitative estimate of drug-likeness (QED) is 0.369. The van der Waals surface area contributed by atoms with Crippen LogP contribution in [0.15, 0.2) is 34.6 Å². The third-order valence-corrected chi connectivity index (χ3v) is 4.64. The molecule has 3 rings (SSSR count). The van der Waals surface area contributed by atoms with Gasteiger partial charge in [-0.15, -0.1) is 5.10 Å². The average molecular weight is 462 g/mol. The minimum absolute atomic E-state index is 0.226. The van der Waals surface area contributed by atoms with Gasteiger partial charge in [-0.1, -0.05) is 23.7 Å². The number of rotatable bonds is 9. The molecule has 11 nitrogen and oxygen atoms in total. The molecule has 2 N–H and O–H groups in total. The maximum absolute atomic E-state index is 13.5. The average Bonchev–Trinajstić information content (AvgIpc) is 3.39. The van der Waals surface area contributed by atoms with Crippen molar-refractivity contribution < 1.29 is 14.3 Å². The number of nitrogens with one attached hydrogen (secondary N) is 1. The first kappa shape index (κ1) is 23.0. The summed E-state index contributed by atoms with van der Waals surface area (Å²) in [6.07, 6.45) is 2.27. The van der Waals surface area contributed by atoms with Crippen LogP contribution in [0.4, 0.5) is 4.39 Å². The summed E-state index contributed by atoms with van der Waals surface area (Å²) >= 11 is 6.10. The Balaban J connectivity index is 1.78. The van der Waals surface area contributed by atoms with Crippen molar-refractivity contribution in [2.24, 2.45) is 10.2 Å². The molecular weight excluding hydrogens is 441 g/mol. The first-order valence-corrected chi connectivity index (χ1v) is 9.98. The molecule has 0 aliphatic carbocycles. The van der Waals surface area contributed by atoms with Crippen molar-refractivity contribution in [3.63, 3.8) is 0 Å². The number of hydrazone groups is 2. The van der Waals surface area contributed by atoms with Gasteiger partial charge in [0, 0.05) is 10.7 Å². The summed E-state index contributed by atoms with van der Waals surface area (Å²) in [6, 6.07) is 4.10. The van der Waals surface area contributed by atoms with Crippen molar-refractivity contribution in [2.75, 3.05) is 6.54 Å². The van der Waals surface area contributed by atoms with Gasteiger partial charge < -0.3 is 5.11 Å². The predicted molar refractivity (Wildman–Crippen MR) is 116 cm³/mol. The van der Waals surface area contributed by atoms with E-state index < -0.39 is 18.3 Å². The molecule has 32 heavy (non-hydrogen) atoms. The standard InChI is InChI=1S/C19H21ClFN9O2/c1-4-11(2)26-30(10-17(31)32)27-12(3)18-22-19(25-24-18)16-9-29(28-23-16)8-13-7-14(21)5-6-15(13)20/h5-7,9H,4,8,10H2,1-3H3,(H,31,32)(H,22,24,25)/b26-11+,27-12+. The summed E-state index contributed by atoms with van der Waals surface area (Å²) in [7, 11) is 0. The summed E-state index contributed by atoms with van der Waals surface area (Å²) in [5.74, 6) is -0.874. The van der Waals surface area contributed by atoms with Crippen molar-refractivity contribution in [1.82, 2.24) is 35.3 Å². The van der Waals surface area contributed by atoms with Gasteiger partial charge in [-0.3, -0.25) is 9.89 Å². The van der Waals surface area contributed by atoms with E-state index in [0.717, 1.165) is 10.8 Å². The monoisotopic (exact) mass is 461 g/mol. The van der Waals surface area contributed by atoms with Crippen LogP contribution in [0.2, 0.25) is 5.02 Å². The van der Waals surface area contributed by atoms with Gasteiger partial charge in [-0.05, 0) is 44.0 Å². The Morgan fingerprint density at radius 1 is 1.34 bits per heavy atom. The van der Waals surface area contributed by atoms with Crippen LogP contribution in [-0.2, 0) is 11.3 Å². The highest BCUT2D eigenvalue weighted by atomic mass is 35.5. The molecule has 0 bridgehead atoms. The Morgan fingerprint density at radius 2 is 2.12 bits per heavy atom. The Hall–Kier alpha value is -3.67. The number of H-pyrrole nitrogens is 1. The number of hydrogen-bond acceptors (Lipinski definition) is 8. The molecule has 0 amide bonds. The van der Waals surface area contributed by atoms with Crippen LogP contribution < -0.4 is 0 Å². The van der Waals surface area contributed by atoms with Gasteiger partial charge in [0.15, 0.2) is 18.2 Å². The fourth-order valence-corrected chi connectivity index (χ4v) is 2.74. The molecule has 0 aliphatic rings. The van der Waals surface area contributed by atoms with Crippen molar-refractivity contribution in [1.29, 1.82) is 0 Å². The van der Waals surface area contributed by atoms with E-state index >= 15 is 0 Å². The van der Waals surface area contributed by atoms with E-state index in [0.29, 0.717) is 34.2 Å². The van der Waals surface area contributed by atoms with E-state index in [1.165, 1.54) is 22.9 Å². The molecule has 0 spiro atoms. The second-order valence-electron chi connectivity index (χ2n) is 6.84. The number of aliphatic carboxylic acids is 1. The second-order valence-corrected chi connectivity index (χ2v) is 7.25. The number of aromatic nitrogens is 6. The smallest absolute Gasteiger partial charge is 0.327 e. The number of hydrogen-bond donors (Lipinski definition) is 2. The number of halogens is 2. The third kappa shape index (κ3) is 5.94. The molecule has 168 valence electrons. The van der Waals surface area contributed by atoms with Gasteiger partial charge in [0.25, 0.3) is 0 Å². The molecule has 0 aliphatic heterocycles. The number of carbonyl (C=O) groups is 1. The van der Waals surface area contributed by atoms with Crippen LogP contribution in [-0.4, -0.2) is 64.3 Å². The summed E-state index contributed by atoms with van der Waals surface area (Å²) in [5.41, 5.74) is 2.06. The van der Waals surface area contributed by atoms with Gasteiger partial charge >= 0.3 is 5.97 Å². The van der Waals surface area contributed by atoms with Crippen LogP contribution in [0.1, 0.15) is 38.6 Å². The lowest BCUT2D eigenvalue weighted by atomic mass is 10.2. The van der Waals surface area contributed by atoms with E-state index in [1.54, 1.807) is 20.0 Å². The van der Waals surface area contributed by atoms with Crippen molar-refractivity contribution in [3.8, 4) is 11.5 Å². The van der Waals surface area contributed by atoms with E-state index in [4.69, 9.17) is 16.7 Å². The Morgan fingerprint density at radius 3 is 2.84 bits per heavy atom. The van der Waals surface area contributed by atoms with E-state index in [9.17, 15) is 9.18 Å². The summed E-state index contributed by atoms with van der Waals surface area (Å²) in [6.45, 7) is 5.16. The molecule has 0 fully saturated rings. The lowest BCUT2D eigenvalue weighted by Gasteiger charge is -2.12. The number of benzene rings is 1. The van der Waals surface area contributed by atoms with Crippen LogP contribution >= 0.6 is 11.6 Å². The highest BCUT2D eigenvalue weighted by Gasteiger charge is 2.14. The summed E-state index contributed by atoms with van der Waals surface area (Å²) < 4.78 is 15.0. The molecule has 13 heteroatoms. The first-order chi connectivity index (χ1) is 15.2. The third-order valence-electron chi connectivity index (χ3n) is 4.27. The van der Waals surface area contributed by atoms with Crippen LogP contribution in [0.25, 0.3) is 11.5 Å². The molecule has 1 aromatic carbocycles. The highest BCUT2D eigenvalue weighted by molar-refractivity contribution is 6.31. The zero-order valence-electron chi connectivity index (χ0n) is 17.6. The molecular formula is C19H21ClFN9O2. The molecule has 0 radical (unpaired) electrons. The minimum Gasteiger partial charge on any atom is -0.480 e. The van der Waals surface area contributed by atoms with E-state index in [-0.39, 0.29) is 12.4 Å². The van der Waals surface area contributed by atoms with E-state index in [1.807, 2.05) is 6.92 Å². The fourth-order valence-electron chi connectivity index (χ4n) is 2.56. The van der Waals surface area contributed by atoms with Gasteiger partial charge in [-0.25, -0.2) is 14.1 Å². The lowest BCUT2D eigenvalue weighted by molar-refractivity contribution is -0.138. The molecule has 0 unspecified atom stereocenters. The Bertz CT molecular complexity index is 1170. The van der Waals surface area contributed by atoms with Gasteiger partial charge in [0.05, 0.1) is 12.7 Å². The minimum atomic E-state index is -1.07. The highest BCUT2D eigenvalue weighted by Crippen LogP contribution is 2.19. The van der Waals surface area contributed by atoms with Crippen LogP contribution in [0.5, 0.6) is 0 Å². The van der Waals surface area contributed by atoms with Gasteiger partial charge in [0.1, 0.15) is 17.2 Å². The van der Waals surface area contributed by atoms with Crippen molar-refractivity contribution in [2.45, 2.75) is 33.7 Å². The predicted octanol–water partition coefficient (Wildman–Crippen LogP) is 2.80. The second kappa shape index (κ2) is 10.1. The lowest BCUT2D eigenvalue weighted by Crippen LogP contribution is -2.23. The summed E-state index contributed by atoms with van der Waals surface area (Å²) in [4.78, 5) is 15.4. The molecule has 0 saturated heterocycles. The summed E-state index contributed by atoms with van der Waals surface area (Å²) in [5, 5.41) is 33.9. The van der Waals surface area contributed by atoms with Gasteiger partial charge in [-0.2, -0.15) is 20.4 Å². The SMILES string of the molecule is CC/C(C)=N/N(CC(=O)O)/N=C(\C)c1n[nH]c(-c2cn(Cc3cc(F)ccc3Cl)nn2)n1. The van der Waals surface area contributed by atoms with Crippen molar-refractivity contribution >= 4 is 29.0 Å². The topological polar surface area (TPSA) is 138 Å². The first-order valence-electron chi connectivity index (χ1n) is 9.61. The molecule has 0 atom stereocenters. The zero-order valence-corrected chi connectivity index (χ0v) is 18.4. The number of carboxylic acid groups (broad SMARTS) is 1. The van der Waals surface area contributed by atoms with Crippen LogP contribution in [0, 0.1) is 5.82 Å². The van der Waals surface area contributed by atoms with Crippen LogP contribution in [0.3, 0.4) is 0 Å². The Labute approximate surface area is 187 Å². The Kier molecular flexibility index (Phi) is 7.25. The fraction of sp³-hybridized carbons (Fsp3) is 0.316. The molecule has 0 saturated carbocycles. The number of aromatic amines is 1. The van der Waals surface area contributed by atoms with E-state index in [2.05, 4.69) is 35.7 Å². The van der Waals surface area contributed by atoms with Gasteiger partial charge in [0.2, 0.25) is 0 Å². The maximum Gasteiger partial charge on any atom is 0.327 e. The molecule has 3 aromatic rings. The number of nitrogens with zero attached hydrogens (tertiary/aromatic N) is 8. The molecule has 2 aromatic heterocycles. The van der Waals surface area contributed by atoms with Crippen molar-refractivity contribution in [3.05, 3.63) is 46.6 Å².